The van der Waals surface area contributed by atoms with E-state index in [1.54, 1.807) is 30.3 Å². The van der Waals surface area contributed by atoms with Crippen molar-refractivity contribution < 1.29 is 39.0 Å². The van der Waals surface area contributed by atoms with Crippen LogP contribution in [0.5, 0.6) is 0 Å². The molecule has 0 spiro atoms. The molecule has 0 fully saturated rings. The zero-order valence-corrected chi connectivity index (χ0v) is 18.5. The van der Waals surface area contributed by atoms with Crippen LogP contribution in [0.25, 0.3) is 0 Å². The highest BCUT2D eigenvalue weighted by Crippen LogP contribution is 2.06. The van der Waals surface area contributed by atoms with Crippen molar-refractivity contribution in [2.75, 3.05) is 0 Å². The first-order chi connectivity index (χ1) is 15.9. The minimum Gasteiger partial charge on any atom is -0.481 e. The summed E-state index contributed by atoms with van der Waals surface area (Å²) in [5.41, 5.74) is 11.4. The number of aliphatic carboxylic acids is 2. The SMILES string of the molecule is CC(N)C(=O)NC(Cc1ccccc1)C(=O)NC(CCC(N)=O)C(=O)NC(CC(=O)O)C(=O)O. The number of benzene rings is 1. The van der Waals surface area contributed by atoms with Crippen LogP contribution in [0.1, 0.15) is 31.7 Å². The molecule has 1 aromatic rings. The molecule has 0 aliphatic carbocycles. The Morgan fingerprint density at radius 2 is 1.38 bits per heavy atom. The van der Waals surface area contributed by atoms with Crippen LogP contribution >= 0.6 is 0 Å². The summed E-state index contributed by atoms with van der Waals surface area (Å²) in [5.74, 6) is -6.29. The van der Waals surface area contributed by atoms with Gasteiger partial charge in [-0.05, 0) is 18.9 Å². The van der Waals surface area contributed by atoms with Crippen LogP contribution in [-0.4, -0.2) is 69.9 Å². The van der Waals surface area contributed by atoms with E-state index in [-0.39, 0.29) is 19.3 Å². The van der Waals surface area contributed by atoms with E-state index in [1.807, 2.05) is 5.32 Å². The summed E-state index contributed by atoms with van der Waals surface area (Å²) < 4.78 is 0. The van der Waals surface area contributed by atoms with E-state index in [2.05, 4.69) is 10.6 Å². The molecule has 4 atom stereocenters. The van der Waals surface area contributed by atoms with Gasteiger partial charge in [0.2, 0.25) is 23.6 Å². The Labute approximate surface area is 195 Å². The van der Waals surface area contributed by atoms with Crippen molar-refractivity contribution in [3.8, 4) is 0 Å². The third-order valence-electron chi connectivity index (χ3n) is 4.63. The average molecular weight is 479 g/mol. The zero-order valence-electron chi connectivity index (χ0n) is 18.5. The Morgan fingerprint density at radius 1 is 0.853 bits per heavy atom. The number of carboxylic acids is 2. The molecule has 9 N–H and O–H groups in total. The zero-order chi connectivity index (χ0) is 25.8. The molecule has 186 valence electrons. The number of carboxylic acid groups (broad SMARTS) is 2. The number of hydrogen-bond donors (Lipinski definition) is 7. The molecule has 13 nitrogen and oxygen atoms in total. The fourth-order valence-electron chi connectivity index (χ4n) is 2.84. The Bertz CT molecular complexity index is 906. The van der Waals surface area contributed by atoms with Gasteiger partial charge >= 0.3 is 11.9 Å². The summed E-state index contributed by atoms with van der Waals surface area (Å²) in [6.07, 6.45) is -1.47. The van der Waals surface area contributed by atoms with Crippen LogP contribution in [-0.2, 0) is 35.2 Å². The third-order valence-corrected chi connectivity index (χ3v) is 4.63. The fourth-order valence-corrected chi connectivity index (χ4v) is 2.84. The smallest absolute Gasteiger partial charge is 0.326 e. The van der Waals surface area contributed by atoms with E-state index in [0.29, 0.717) is 5.56 Å². The summed E-state index contributed by atoms with van der Waals surface area (Å²) in [7, 11) is 0. The summed E-state index contributed by atoms with van der Waals surface area (Å²) in [6, 6.07) is 3.39. The molecule has 4 amide bonds. The van der Waals surface area contributed by atoms with E-state index in [4.69, 9.17) is 21.7 Å². The molecular weight excluding hydrogens is 450 g/mol. The maximum Gasteiger partial charge on any atom is 0.326 e. The largest absolute Gasteiger partial charge is 0.481 e. The van der Waals surface area contributed by atoms with Crippen molar-refractivity contribution in [2.24, 2.45) is 11.5 Å². The highest BCUT2D eigenvalue weighted by Gasteiger charge is 2.31. The lowest BCUT2D eigenvalue weighted by molar-refractivity contribution is -0.147. The van der Waals surface area contributed by atoms with E-state index < -0.39 is 66.2 Å². The van der Waals surface area contributed by atoms with E-state index in [9.17, 15) is 28.8 Å². The van der Waals surface area contributed by atoms with Gasteiger partial charge in [0.1, 0.15) is 18.1 Å². The van der Waals surface area contributed by atoms with E-state index >= 15 is 0 Å². The van der Waals surface area contributed by atoms with E-state index in [1.165, 1.54) is 6.92 Å². The lowest BCUT2D eigenvalue weighted by atomic mass is 10.0. The molecule has 0 aliphatic rings. The summed E-state index contributed by atoms with van der Waals surface area (Å²) in [6.45, 7) is 1.42. The third kappa shape index (κ3) is 10.1. The first kappa shape index (κ1) is 28.0. The van der Waals surface area contributed by atoms with Gasteiger partial charge in [-0.1, -0.05) is 30.3 Å². The first-order valence-corrected chi connectivity index (χ1v) is 10.3. The first-order valence-electron chi connectivity index (χ1n) is 10.3. The Balaban J connectivity index is 3.09. The summed E-state index contributed by atoms with van der Waals surface area (Å²) >= 11 is 0. The number of amides is 4. The average Bonchev–Trinajstić information content (AvgIpc) is 2.75. The van der Waals surface area contributed by atoms with Crippen LogP contribution < -0.4 is 27.4 Å². The van der Waals surface area contributed by atoms with Crippen molar-refractivity contribution in [3.05, 3.63) is 35.9 Å². The molecule has 34 heavy (non-hydrogen) atoms. The standard InChI is InChI=1S/C21H29N5O8/c1-11(22)18(30)25-14(9-12-5-3-2-4-6-12)20(32)24-13(7-8-16(23)27)19(31)26-15(21(33)34)10-17(28)29/h2-6,11,13-15H,7-10,22H2,1H3,(H2,23,27)(H,24,32)(H,25,30)(H,26,31)(H,28,29)(H,33,34). The van der Waals surface area contributed by atoms with Gasteiger partial charge in [0.25, 0.3) is 0 Å². The van der Waals surface area contributed by atoms with Crippen LogP contribution in [0, 0.1) is 0 Å². The highest BCUT2D eigenvalue weighted by molar-refractivity contribution is 5.95. The quantitative estimate of drug-likeness (QED) is 0.154. The number of primary amides is 1. The normalized spacial score (nSPS) is 14.1. The second-order valence-corrected chi connectivity index (χ2v) is 7.60. The van der Waals surface area contributed by atoms with Crippen LogP contribution in [0.3, 0.4) is 0 Å². The molecule has 0 radical (unpaired) electrons. The Hall–Kier alpha value is -4.00. The second-order valence-electron chi connectivity index (χ2n) is 7.60. The van der Waals surface area contributed by atoms with Crippen molar-refractivity contribution in [1.82, 2.24) is 16.0 Å². The second kappa shape index (κ2) is 13.5. The van der Waals surface area contributed by atoms with Gasteiger partial charge in [0.05, 0.1) is 12.5 Å². The number of carbonyl (C=O) groups excluding carboxylic acids is 4. The molecule has 0 heterocycles. The summed E-state index contributed by atoms with van der Waals surface area (Å²) in [5, 5.41) is 24.9. The molecule has 1 aromatic carbocycles. The van der Waals surface area contributed by atoms with Crippen LogP contribution in [0.15, 0.2) is 30.3 Å². The molecule has 0 aromatic heterocycles. The summed E-state index contributed by atoms with van der Waals surface area (Å²) in [4.78, 5) is 71.2. The number of hydrogen-bond acceptors (Lipinski definition) is 7. The highest BCUT2D eigenvalue weighted by atomic mass is 16.4. The van der Waals surface area contributed by atoms with Gasteiger partial charge in [0, 0.05) is 12.8 Å². The number of rotatable bonds is 14. The molecule has 0 aliphatic heterocycles. The Morgan fingerprint density at radius 3 is 1.88 bits per heavy atom. The molecule has 0 saturated carbocycles. The van der Waals surface area contributed by atoms with Gasteiger partial charge in [0.15, 0.2) is 0 Å². The number of nitrogens with one attached hydrogen (secondary N) is 3. The number of nitrogens with two attached hydrogens (primary N) is 2. The predicted molar refractivity (Wildman–Crippen MR) is 118 cm³/mol. The fraction of sp³-hybridized carbons (Fsp3) is 0.429. The minimum atomic E-state index is -1.77. The molecule has 0 saturated heterocycles. The van der Waals surface area contributed by atoms with Gasteiger partial charge < -0.3 is 37.6 Å². The molecule has 1 rings (SSSR count). The van der Waals surface area contributed by atoms with Gasteiger partial charge in [-0.3, -0.25) is 24.0 Å². The van der Waals surface area contributed by atoms with Crippen molar-refractivity contribution in [3.63, 3.8) is 0 Å². The van der Waals surface area contributed by atoms with Gasteiger partial charge in [-0.25, -0.2) is 4.79 Å². The lowest BCUT2D eigenvalue weighted by Crippen LogP contribution is -2.57. The molecule has 13 heteroatoms. The monoisotopic (exact) mass is 479 g/mol. The molecular formula is C21H29N5O8. The van der Waals surface area contributed by atoms with Gasteiger partial charge in [-0.15, -0.1) is 0 Å². The molecule has 4 unspecified atom stereocenters. The maximum absolute atomic E-state index is 13.0. The van der Waals surface area contributed by atoms with Crippen molar-refractivity contribution in [2.45, 2.75) is 56.8 Å². The maximum atomic E-state index is 13.0. The van der Waals surface area contributed by atoms with E-state index in [0.717, 1.165) is 0 Å². The molecule has 0 bridgehead atoms. The predicted octanol–water partition coefficient (Wildman–Crippen LogP) is -2.14. The lowest BCUT2D eigenvalue weighted by Gasteiger charge is -2.24. The number of carbonyl (C=O) groups is 6. The van der Waals surface area contributed by atoms with Crippen LogP contribution in [0.2, 0.25) is 0 Å². The van der Waals surface area contributed by atoms with Crippen molar-refractivity contribution >= 4 is 35.6 Å². The topological polar surface area (TPSA) is 231 Å². The van der Waals surface area contributed by atoms with Crippen LogP contribution in [0.4, 0.5) is 0 Å². The van der Waals surface area contributed by atoms with Gasteiger partial charge in [-0.2, -0.15) is 0 Å². The Kier molecular flexibility index (Phi) is 11.2. The van der Waals surface area contributed by atoms with Crippen molar-refractivity contribution in [1.29, 1.82) is 0 Å². The minimum absolute atomic E-state index is 0.0477.